The van der Waals surface area contributed by atoms with Crippen LogP contribution in [0, 0.1) is 34.5 Å². The van der Waals surface area contributed by atoms with Gasteiger partial charge in [0.05, 0.1) is 0 Å². The lowest BCUT2D eigenvalue weighted by Crippen LogP contribution is -2.54. The molecule has 4 aliphatic carbocycles. The normalized spacial score (nSPS) is 50.6. The molecule has 0 aromatic rings. The molecule has 4 rings (SSSR count). The third-order valence-electron chi connectivity index (χ3n) is 8.64. The second-order valence-electron chi connectivity index (χ2n) is 9.63. The second-order valence-corrected chi connectivity index (χ2v) is 9.63. The van der Waals surface area contributed by atoms with Crippen molar-refractivity contribution in [3.8, 4) is 0 Å². The van der Waals surface area contributed by atoms with E-state index in [4.69, 9.17) is 4.74 Å². The minimum atomic E-state index is -0.127. The van der Waals surface area contributed by atoms with Crippen molar-refractivity contribution in [2.75, 3.05) is 0 Å². The fraction of sp³-hybridized carbons (Fsp3) is 0.905. The summed E-state index contributed by atoms with van der Waals surface area (Å²) in [7, 11) is 0. The van der Waals surface area contributed by atoms with Gasteiger partial charge in [-0.2, -0.15) is 0 Å². The highest BCUT2D eigenvalue weighted by atomic mass is 16.5. The van der Waals surface area contributed by atoms with Crippen LogP contribution < -0.4 is 0 Å². The van der Waals surface area contributed by atoms with Gasteiger partial charge in [-0.15, -0.1) is 0 Å². The largest absolute Gasteiger partial charge is 0.462 e. The number of ether oxygens (including phenoxy) is 1. The molecule has 24 heavy (non-hydrogen) atoms. The minimum Gasteiger partial charge on any atom is -0.462 e. The summed E-state index contributed by atoms with van der Waals surface area (Å²) >= 11 is 0. The van der Waals surface area contributed by atoms with Gasteiger partial charge in [-0.25, -0.2) is 0 Å². The van der Waals surface area contributed by atoms with Crippen molar-refractivity contribution in [1.82, 2.24) is 0 Å². The van der Waals surface area contributed by atoms with E-state index in [1.807, 2.05) is 0 Å². The Balaban J connectivity index is 1.60. The molecule has 0 aromatic heterocycles. The number of carbonyl (C=O) groups is 2. The number of ketones is 1. The van der Waals surface area contributed by atoms with Crippen LogP contribution in [0.4, 0.5) is 0 Å². The van der Waals surface area contributed by atoms with E-state index in [0.29, 0.717) is 17.6 Å². The third kappa shape index (κ3) is 2.29. The zero-order valence-electron chi connectivity index (χ0n) is 15.5. The molecule has 0 aromatic carbocycles. The molecule has 0 amide bonds. The Bertz CT molecular complexity index is 555. The lowest BCUT2D eigenvalue weighted by molar-refractivity contribution is -0.163. The Morgan fingerprint density at radius 3 is 2.50 bits per heavy atom. The Morgan fingerprint density at radius 2 is 1.75 bits per heavy atom. The number of fused-ring (bicyclic) bond motifs is 5. The summed E-state index contributed by atoms with van der Waals surface area (Å²) in [6, 6.07) is 0. The molecular formula is C21H32O3. The van der Waals surface area contributed by atoms with Gasteiger partial charge in [0.1, 0.15) is 11.9 Å². The molecule has 0 unspecified atom stereocenters. The highest BCUT2D eigenvalue weighted by Gasteiger charge is 2.61. The molecule has 4 fully saturated rings. The lowest BCUT2D eigenvalue weighted by Gasteiger charge is -2.59. The summed E-state index contributed by atoms with van der Waals surface area (Å²) in [5, 5.41) is 0. The van der Waals surface area contributed by atoms with E-state index in [1.165, 1.54) is 25.7 Å². The molecule has 0 saturated heterocycles. The Morgan fingerprint density at radius 1 is 1.00 bits per heavy atom. The number of esters is 1. The van der Waals surface area contributed by atoms with E-state index in [9.17, 15) is 9.59 Å². The van der Waals surface area contributed by atoms with Crippen LogP contribution in [0.5, 0.6) is 0 Å². The summed E-state index contributed by atoms with van der Waals surface area (Å²) in [4.78, 5) is 23.7. The topological polar surface area (TPSA) is 43.4 Å². The van der Waals surface area contributed by atoms with Crippen LogP contribution >= 0.6 is 0 Å². The van der Waals surface area contributed by atoms with Crippen LogP contribution in [0.15, 0.2) is 0 Å². The Kier molecular flexibility index (Phi) is 3.85. The SMILES string of the molecule is CC(=O)O[C@@H]1CC[C@H]2[C@H]3CC[C@H]4CCC(=O)C[C@]4(C)[C@@H]3CC[C@]12C. The Hall–Kier alpha value is -0.860. The molecule has 0 radical (unpaired) electrons. The van der Waals surface area contributed by atoms with Crippen molar-refractivity contribution >= 4 is 11.8 Å². The molecular weight excluding hydrogens is 300 g/mol. The van der Waals surface area contributed by atoms with E-state index < -0.39 is 0 Å². The van der Waals surface area contributed by atoms with Crippen molar-refractivity contribution in [3.05, 3.63) is 0 Å². The summed E-state index contributed by atoms with van der Waals surface area (Å²) in [5.74, 6) is 3.23. The average Bonchev–Trinajstić information content (AvgIpc) is 2.82. The molecule has 4 saturated carbocycles. The van der Waals surface area contributed by atoms with Crippen molar-refractivity contribution in [2.24, 2.45) is 34.5 Å². The van der Waals surface area contributed by atoms with E-state index in [1.54, 1.807) is 6.92 Å². The van der Waals surface area contributed by atoms with Crippen LogP contribution in [0.2, 0.25) is 0 Å². The maximum atomic E-state index is 12.2. The Labute approximate surface area is 145 Å². The van der Waals surface area contributed by atoms with Gasteiger partial charge in [-0.3, -0.25) is 9.59 Å². The van der Waals surface area contributed by atoms with Gasteiger partial charge < -0.3 is 4.74 Å². The first-order valence-electron chi connectivity index (χ1n) is 10.0. The molecule has 0 bridgehead atoms. The molecule has 4 aliphatic rings. The first-order chi connectivity index (χ1) is 11.3. The minimum absolute atomic E-state index is 0.111. The fourth-order valence-corrected chi connectivity index (χ4v) is 7.48. The molecule has 134 valence electrons. The van der Waals surface area contributed by atoms with Gasteiger partial charge >= 0.3 is 5.97 Å². The van der Waals surface area contributed by atoms with E-state index in [-0.39, 0.29) is 22.9 Å². The highest BCUT2D eigenvalue weighted by molar-refractivity contribution is 5.80. The second kappa shape index (κ2) is 5.57. The lowest BCUT2D eigenvalue weighted by atomic mass is 9.45. The summed E-state index contributed by atoms with van der Waals surface area (Å²) in [6.45, 7) is 6.34. The average molecular weight is 332 g/mol. The number of hydrogen-bond acceptors (Lipinski definition) is 3. The van der Waals surface area contributed by atoms with Crippen molar-refractivity contribution in [2.45, 2.75) is 84.7 Å². The van der Waals surface area contributed by atoms with Gasteiger partial charge in [0.2, 0.25) is 0 Å². The van der Waals surface area contributed by atoms with Gasteiger partial charge in [0.25, 0.3) is 0 Å². The maximum absolute atomic E-state index is 12.2. The first-order valence-corrected chi connectivity index (χ1v) is 10.0. The van der Waals surface area contributed by atoms with Crippen molar-refractivity contribution in [3.63, 3.8) is 0 Å². The maximum Gasteiger partial charge on any atom is 0.302 e. The third-order valence-corrected chi connectivity index (χ3v) is 8.64. The monoisotopic (exact) mass is 332 g/mol. The van der Waals surface area contributed by atoms with Crippen LogP contribution in [0.3, 0.4) is 0 Å². The fourth-order valence-electron chi connectivity index (χ4n) is 7.48. The standard InChI is InChI=1S/C21H32O3/c1-13(22)24-19-9-8-17-16-7-5-14-4-6-15(23)12-21(14,3)18(16)10-11-20(17,19)2/h14,16-19H,4-12H2,1-3H3/t14-,16-,17+,18-,19-,20+,21+/m1/s1. The van der Waals surface area contributed by atoms with Gasteiger partial charge in [0.15, 0.2) is 0 Å². The molecule has 7 atom stereocenters. The highest BCUT2D eigenvalue weighted by Crippen LogP contribution is 2.66. The van der Waals surface area contributed by atoms with Crippen LogP contribution in [-0.2, 0) is 14.3 Å². The zero-order valence-corrected chi connectivity index (χ0v) is 15.5. The van der Waals surface area contributed by atoms with E-state index >= 15 is 0 Å². The van der Waals surface area contributed by atoms with Crippen LogP contribution in [-0.4, -0.2) is 17.9 Å². The first kappa shape index (κ1) is 16.6. The number of hydrogen-bond donors (Lipinski definition) is 0. The molecule has 3 heteroatoms. The van der Waals surface area contributed by atoms with Crippen LogP contribution in [0.1, 0.15) is 78.6 Å². The van der Waals surface area contributed by atoms with Crippen LogP contribution in [0.25, 0.3) is 0 Å². The molecule has 0 heterocycles. The van der Waals surface area contributed by atoms with Gasteiger partial charge in [-0.05, 0) is 74.0 Å². The predicted molar refractivity (Wildman–Crippen MR) is 92.3 cm³/mol. The van der Waals surface area contributed by atoms with Crippen molar-refractivity contribution in [1.29, 1.82) is 0 Å². The van der Waals surface area contributed by atoms with Crippen molar-refractivity contribution < 1.29 is 14.3 Å². The molecule has 0 spiro atoms. The summed E-state index contributed by atoms with van der Waals surface area (Å²) in [5.41, 5.74) is 0.397. The molecule has 0 N–H and O–H groups in total. The molecule has 3 nitrogen and oxygen atoms in total. The quantitative estimate of drug-likeness (QED) is 0.663. The number of rotatable bonds is 1. The molecule has 0 aliphatic heterocycles. The summed E-state index contributed by atoms with van der Waals surface area (Å²) < 4.78 is 5.72. The number of carbonyl (C=O) groups excluding carboxylic acids is 2. The number of Topliss-reactive ketones (excluding diaryl/α,β-unsaturated/α-hetero) is 1. The van der Waals surface area contributed by atoms with Gasteiger partial charge in [0, 0.05) is 25.2 Å². The summed E-state index contributed by atoms with van der Waals surface area (Å²) in [6.07, 6.45) is 10.1. The smallest absolute Gasteiger partial charge is 0.302 e. The van der Waals surface area contributed by atoms with E-state index in [2.05, 4.69) is 13.8 Å². The zero-order chi connectivity index (χ0) is 17.1. The van der Waals surface area contributed by atoms with Gasteiger partial charge in [-0.1, -0.05) is 13.8 Å². The van der Waals surface area contributed by atoms with E-state index in [0.717, 1.165) is 43.9 Å². The predicted octanol–water partition coefficient (Wildman–Crippen LogP) is 4.53.